The Bertz CT molecular complexity index is 187. The first kappa shape index (κ1) is 7.37. The maximum atomic E-state index is 9.50. The predicted octanol–water partition coefficient (Wildman–Crippen LogP) is 2.34. The SMILES string of the molecule is OC1CCC1C1CC2(CCC2)C1. The van der Waals surface area contributed by atoms with Crippen LogP contribution in [-0.2, 0) is 0 Å². The van der Waals surface area contributed by atoms with Crippen molar-refractivity contribution in [3.63, 3.8) is 0 Å². The zero-order chi connectivity index (χ0) is 8.18. The van der Waals surface area contributed by atoms with E-state index in [1.807, 2.05) is 0 Å². The second kappa shape index (κ2) is 2.25. The number of rotatable bonds is 1. The summed E-state index contributed by atoms with van der Waals surface area (Å²) in [4.78, 5) is 0. The van der Waals surface area contributed by atoms with E-state index < -0.39 is 0 Å². The highest BCUT2D eigenvalue weighted by atomic mass is 16.3. The van der Waals surface area contributed by atoms with E-state index in [1.54, 1.807) is 0 Å². The van der Waals surface area contributed by atoms with E-state index >= 15 is 0 Å². The molecule has 1 spiro atoms. The van der Waals surface area contributed by atoms with Crippen LogP contribution in [0.15, 0.2) is 0 Å². The maximum Gasteiger partial charge on any atom is 0.0571 e. The van der Waals surface area contributed by atoms with Crippen molar-refractivity contribution >= 4 is 0 Å². The van der Waals surface area contributed by atoms with Crippen LogP contribution in [0.5, 0.6) is 0 Å². The lowest BCUT2D eigenvalue weighted by molar-refractivity contribution is -0.110. The van der Waals surface area contributed by atoms with Gasteiger partial charge in [0.15, 0.2) is 0 Å². The van der Waals surface area contributed by atoms with Crippen molar-refractivity contribution in [2.24, 2.45) is 17.3 Å². The molecule has 3 saturated carbocycles. The van der Waals surface area contributed by atoms with Crippen LogP contribution in [-0.4, -0.2) is 11.2 Å². The van der Waals surface area contributed by atoms with Gasteiger partial charge in [-0.1, -0.05) is 6.42 Å². The molecule has 0 heterocycles. The molecule has 12 heavy (non-hydrogen) atoms. The largest absolute Gasteiger partial charge is 0.393 e. The highest BCUT2D eigenvalue weighted by Gasteiger charge is 2.52. The van der Waals surface area contributed by atoms with Gasteiger partial charge in [0, 0.05) is 0 Å². The topological polar surface area (TPSA) is 20.2 Å². The normalized spacial score (nSPS) is 44.8. The standard InChI is InChI=1S/C11H18O/c12-10-3-2-9(10)8-6-11(7-8)4-1-5-11/h8-10,12H,1-7H2. The van der Waals surface area contributed by atoms with E-state index in [-0.39, 0.29) is 6.10 Å². The van der Waals surface area contributed by atoms with Crippen molar-refractivity contribution in [2.45, 2.75) is 51.0 Å². The summed E-state index contributed by atoms with van der Waals surface area (Å²) in [5.74, 6) is 1.62. The Hall–Kier alpha value is -0.0400. The van der Waals surface area contributed by atoms with E-state index in [4.69, 9.17) is 0 Å². The van der Waals surface area contributed by atoms with Crippen molar-refractivity contribution in [3.05, 3.63) is 0 Å². The third-order valence-electron chi connectivity index (χ3n) is 4.70. The van der Waals surface area contributed by atoms with Gasteiger partial charge in [0.05, 0.1) is 6.10 Å². The third kappa shape index (κ3) is 0.834. The van der Waals surface area contributed by atoms with Gasteiger partial charge in [-0.25, -0.2) is 0 Å². The van der Waals surface area contributed by atoms with Crippen molar-refractivity contribution < 1.29 is 5.11 Å². The molecule has 3 aliphatic rings. The molecule has 3 rings (SSSR count). The molecule has 3 fully saturated rings. The van der Waals surface area contributed by atoms with Gasteiger partial charge in [-0.2, -0.15) is 0 Å². The molecule has 0 aromatic heterocycles. The van der Waals surface area contributed by atoms with Crippen LogP contribution in [0, 0.1) is 17.3 Å². The molecule has 0 amide bonds. The minimum Gasteiger partial charge on any atom is -0.393 e. The molecule has 0 aromatic carbocycles. The highest BCUT2D eigenvalue weighted by molar-refractivity contribution is 5.03. The summed E-state index contributed by atoms with van der Waals surface area (Å²) in [5.41, 5.74) is 0.806. The van der Waals surface area contributed by atoms with Gasteiger partial charge in [-0.15, -0.1) is 0 Å². The number of hydrogen-bond acceptors (Lipinski definition) is 1. The quantitative estimate of drug-likeness (QED) is 0.634. The molecule has 0 radical (unpaired) electrons. The first-order valence-corrected chi connectivity index (χ1v) is 5.47. The Morgan fingerprint density at radius 3 is 2.17 bits per heavy atom. The van der Waals surface area contributed by atoms with Crippen LogP contribution in [0.4, 0.5) is 0 Å². The first-order chi connectivity index (χ1) is 5.79. The van der Waals surface area contributed by atoms with E-state index in [2.05, 4.69) is 0 Å². The highest BCUT2D eigenvalue weighted by Crippen LogP contribution is 2.62. The van der Waals surface area contributed by atoms with Gasteiger partial charge in [-0.05, 0) is 55.8 Å². The van der Waals surface area contributed by atoms with Crippen LogP contribution >= 0.6 is 0 Å². The summed E-state index contributed by atoms with van der Waals surface area (Å²) in [6.45, 7) is 0. The van der Waals surface area contributed by atoms with Crippen LogP contribution in [0.25, 0.3) is 0 Å². The van der Waals surface area contributed by atoms with Gasteiger partial charge < -0.3 is 5.11 Å². The fourth-order valence-electron chi connectivity index (χ4n) is 3.50. The zero-order valence-electron chi connectivity index (χ0n) is 7.63. The molecular weight excluding hydrogens is 148 g/mol. The molecule has 0 bridgehead atoms. The Labute approximate surface area is 74.2 Å². The number of hydrogen-bond donors (Lipinski definition) is 1. The van der Waals surface area contributed by atoms with Gasteiger partial charge in [0.25, 0.3) is 0 Å². The fraction of sp³-hybridized carbons (Fsp3) is 1.00. The molecular formula is C11H18O. The Balaban J connectivity index is 1.55. The van der Waals surface area contributed by atoms with Crippen molar-refractivity contribution in [1.82, 2.24) is 0 Å². The summed E-state index contributed by atoms with van der Waals surface area (Å²) in [5, 5.41) is 9.50. The molecule has 2 unspecified atom stereocenters. The van der Waals surface area contributed by atoms with Crippen molar-refractivity contribution in [3.8, 4) is 0 Å². The zero-order valence-corrected chi connectivity index (χ0v) is 7.63. The van der Waals surface area contributed by atoms with E-state index in [0.29, 0.717) is 5.92 Å². The smallest absolute Gasteiger partial charge is 0.0571 e. The van der Waals surface area contributed by atoms with E-state index in [9.17, 15) is 5.11 Å². The van der Waals surface area contributed by atoms with Gasteiger partial charge in [0.2, 0.25) is 0 Å². The molecule has 0 saturated heterocycles. The molecule has 1 N–H and O–H groups in total. The number of aliphatic hydroxyl groups excluding tert-OH is 1. The first-order valence-electron chi connectivity index (χ1n) is 5.47. The van der Waals surface area contributed by atoms with Crippen LogP contribution < -0.4 is 0 Å². The Kier molecular flexibility index (Phi) is 1.39. The second-order valence-corrected chi connectivity index (χ2v) is 5.33. The Morgan fingerprint density at radius 1 is 1.08 bits per heavy atom. The summed E-state index contributed by atoms with van der Waals surface area (Å²) in [6, 6.07) is 0. The van der Waals surface area contributed by atoms with Gasteiger partial charge in [-0.3, -0.25) is 0 Å². The lowest BCUT2D eigenvalue weighted by Gasteiger charge is -2.58. The third-order valence-corrected chi connectivity index (χ3v) is 4.70. The predicted molar refractivity (Wildman–Crippen MR) is 47.7 cm³/mol. The average molecular weight is 166 g/mol. The second-order valence-electron chi connectivity index (χ2n) is 5.33. The molecule has 68 valence electrons. The summed E-state index contributed by atoms with van der Waals surface area (Å²) in [6.07, 6.45) is 9.82. The lowest BCUT2D eigenvalue weighted by Crippen LogP contribution is -2.50. The maximum absolute atomic E-state index is 9.50. The minimum absolute atomic E-state index is 0.0763. The van der Waals surface area contributed by atoms with Crippen LogP contribution in [0.2, 0.25) is 0 Å². The van der Waals surface area contributed by atoms with E-state index in [1.165, 1.54) is 38.5 Å². The minimum atomic E-state index is 0.0763. The van der Waals surface area contributed by atoms with Crippen molar-refractivity contribution in [2.75, 3.05) is 0 Å². The monoisotopic (exact) mass is 166 g/mol. The summed E-state index contributed by atoms with van der Waals surface area (Å²) in [7, 11) is 0. The molecule has 2 atom stereocenters. The van der Waals surface area contributed by atoms with E-state index in [0.717, 1.165) is 17.8 Å². The molecule has 0 aromatic rings. The Morgan fingerprint density at radius 2 is 1.83 bits per heavy atom. The van der Waals surface area contributed by atoms with Crippen LogP contribution in [0.1, 0.15) is 44.9 Å². The van der Waals surface area contributed by atoms with Crippen molar-refractivity contribution in [1.29, 1.82) is 0 Å². The number of aliphatic hydroxyl groups is 1. The van der Waals surface area contributed by atoms with Gasteiger partial charge in [0.1, 0.15) is 0 Å². The molecule has 3 aliphatic carbocycles. The molecule has 1 heteroatoms. The lowest BCUT2D eigenvalue weighted by atomic mass is 9.47. The molecule has 1 nitrogen and oxygen atoms in total. The summed E-state index contributed by atoms with van der Waals surface area (Å²) >= 11 is 0. The average Bonchev–Trinajstić information content (AvgIpc) is 1.88. The van der Waals surface area contributed by atoms with Gasteiger partial charge >= 0.3 is 0 Å². The van der Waals surface area contributed by atoms with Crippen LogP contribution in [0.3, 0.4) is 0 Å². The molecule has 0 aliphatic heterocycles. The summed E-state index contributed by atoms with van der Waals surface area (Å²) < 4.78 is 0. The fourth-order valence-corrected chi connectivity index (χ4v) is 3.50.